The van der Waals surface area contributed by atoms with Crippen molar-refractivity contribution in [2.24, 2.45) is 0 Å². The molecule has 11 nitrogen and oxygen atoms in total. The average Bonchev–Trinajstić information content (AvgIpc) is 3.36. The van der Waals surface area contributed by atoms with Gasteiger partial charge in [-0.3, -0.25) is 4.79 Å². The molecule has 0 bridgehead atoms. The van der Waals surface area contributed by atoms with E-state index in [0.717, 1.165) is 5.69 Å². The lowest BCUT2D eigenvalue weighted by molar-refractivity contribution is 0.0739. The van der Waals surface area contributed by atoms with Gasteiger partial charge in [-0.2, -0.15) is 4.68 Å². The monoisotopic (exact) mass is 475 g/mol. The number of fused-ring (bicyclic) bond motifs is 1. The molecule has 3 heterocycles. The molecule has 1 saturated heterocycles. The third-order valence-electron chi connectivity index (χ3n) is 6.02. The van der Waals surface area contributed by atoms with Crippen LogP contribution in [0.3, 0.4) is 0 Å². The number of nitrogens with zero attached hydrogens (tertiary/aromatic N) is 7. The number of piperazine rings is 1. The lowest BCUT2D eigenvalue weighted by Crippen LogP contribution is -2.49. The molecule has 0 N–H and O–H groups in total. The molecule has 0 atom stereocenters. The van der Waals surface area contributed by atoms with Gasteiger partial charge in [-0.05, 0) is 24.3 Å². The van der Waals surface area contributed by atoms with Crippen LogP contribution in [0.1, 0.15) is 10.4 Å². The maximum Gasteiger partial charge on any atom is 0.261 e. The van der Waals surface area contributed by atoms with Crippen molar-refractivity contribution in [3.8, 4) is 22.9 Å². The van der Waals surface area contributed by atoms with Crippen LogP contribution in [0.5, 0.6) is 17.2 Å². The van der Waals surface area contributed by atoms with Gasteiger partial charge >= 0.3 is 0 Å². The highest BCUT2D eigenvalue weighted by atomic mass is 16.5. The van der Waals surface area contributed by atoms with Crippen molar-refractivity contribution in [1.82, 2.24) is 29.9 Å². The predicted octanol–water partition coefficient (Wildman–Crippen LogP) is 2.20. The topological polar surface area (TPSA) is 108 Å². The van der Waals surface area contributed by atoms with E-state index < -0.39 is 0 Å². The first kappa shape index (κ1) is 22.4. The number of hydrogen-bond acceptors (Lipinski definition) is 9. The van der Waals surface area contributed by atoms with E-state index in [-0.39, 0.29) is 5.91 Å². The van der Waals surface area contributed by atoms with Crippen LogP contribution < -0.4 is 19.1 Å². The second-order valence-electron chi connectivity index (χ2n) is 7.89. The molecule has 35 heavy (non-hydrogen) atoms. The summed E-state index contributed by atoms with van der Waals surface area (Å²) in [6.07, 6.45) is 1.51. The molecule has 0 spiro atoms. The van der Waals surface area contributed by atoms with Crippen LogP contribution in [0.25, 0.3) is 16.9 Å². The maximum atomic E-state index is 13.3. The summed E-state index contributed by atoms with van der Waals surface area (Å²) in [5.41, 5.74) is 2.41. The Bertz CT molecular complexity index is 1340. The van der Waals surface area contributed by atoms with E-state index in [1.165, 1.54) is 6.33 Å². The highest BCUT2D eigenvalue weighted by molar-refractivity contribution is 6.00. The number of carbonyl (C=O) groups is 1. The Hall–Kier alpha value is -4.41. The van der Waals surface area contributed by atoms with Crippen LogP contribution >= 0.6 is 0 Å². The third-order valence-corrected chi connectivity index (χ3v) is 6.02. The third kappa shape index (κ3) is 4.05. The van der Waals surface area contributed by atoms with Crippen LogP contribution in [-0.4, -0.2) is 83.3 Å². The SMILES string of the molecule is COc1cccc(-n2nnc3c(N4CCN(C(=O)c5c(OC)cccc5OC)CC4)ncnc32)c1. The highest BCUT2D eigenvalue weighted by Crippen LogP contribution is 2.31. The fraction of sp³-hybridized carbons (Fsp3) is 0.292. The Morgan fingerprint density at radius 2 is 1.60 bits per heavy atom. The first-order chi connectivity index (χ1) is 17.1. The molecule has 0 unspecified atom stereocenters. The normalized spacial score (nSPS) is 13.7. The standard InChI is InChI=1S/C24H25N7O4/c1-33-17-7-4-6-16(14-17)31-23-21(27-28-31)22(25-15-26-23)29-10-12-30(13-11-29)24(32)20-18(34-2)8-5-9-19(20)35-3/h4-9,14-15H,10-13H2,1-3H3. The van der Waals surface area contributed by atoms with E-state index >= 15 is 0 Å². The summed E-state index contributed by atoms with van der Waals surface area (Å²) in [5.74, 6) is 2.25. The molecular formula is C24H25N7O4. The van der Waals surface area contributed by atoms with E-state index in [1.54, 1.807) is 49.1 Å². The zero-order chi connectivity index (χ0) is 24.4. The van der Waals surface area contributed by atoms with Crippen LogP contribution in [0.15, 0.2) is 48.8 Å². The van der Waals surface area contributed by atoms with Crippen molar-refractivity contribution >= 4 is 22.9 Å². The van der Waals surface area contributed by atoms with Gasteiger partial charge in [0.05, 0.1) is 27.0 Å². The van der Waals surface area contributed by atoms with E-state index in [0.29, 0.717) is 66.0 Å². The summed E-state index contributed by atoms with van der Waals surface area (Å²) in [6.45, 7) is 2.19. The Balaban J connectivity index is 1.37. The minimum Gasteiger partial charge on any atom is -0.497 e. The first-order valence-electron chi connectivity index (χ1n) is 11.1. The molecule has 1 aliphatic heterocycles. The summed E-state index contributed by atoms with van der Waals surface area (Å²) in [5, 5.41) is 8.67. The molecular weight excluding hydrogens is 450 g/mol. The van der Waals surface area contributed by atoms with Gasteiger partial charge in [0.15, 0.2) is 17.0 Å². The number of anilines is 1. The van der Waals surface area contributed by atoms with E-state index in [4.69, 9.17) is 14.2 Å². The van der Waals surface area contributed by atoms with E-state index in [2.05, 4.69) is 25.2 Å². The molecule has 1 aliphatic rings. The second-order valence-corrected chi connectivity index (χ2v) is 7.89. The number of carbonyl (C=O) groups excluding carboxylic acids is 1. The van der Waals surface area contributed by atoms with Crippen molar-refractivity contribution in [3.05, 3.63) is 54.4 Å². The van der Waals surface area contributed by atoms with Crippen molar-refractivity contribution in [1.29, 1.82) is 0 Å². The number of rotatable bonds is 6. The molecule has 2 aromatic carbocycles. The quantitative estimate of drug-likeness (QED) is 0.415. The van der Waals surface area contributed by atoms with Crippen molar-refractivity contribution < 1.29 is 19.0 Å². The van der Waals surface area contributed by atoms with Crippen LogP contribution in [0, 0.1) is 0 Å². The number of amides is 1. The van der Waals surface area contributed by atoms with Gasteiger partial charge in [0.25, 0.3) is 5.91 Å². The lowest BCUT2D eigenvalue weighted by atomic mass is 10.1. The molecule has 0 radical (unpaired) electrons. The van der Waals surface area contributed by atoms with E-state index in [9.17, 15) is 4.79 Å². The summed E-state index contributed by atoms with van der Waals surface area (Å²) in [7, 11) is 4.71. The minimum atomic E-state index is -0.129. The largest absolute Gasteiger partial charge is 0.497 e. The zero-order valence-corrected chi connectivity index (χ0v) is 19.7. The van der Waals surface area contributed by atoms with Gasteiger partial charge in [-0.15, -0.1) is 5.10 Å². The van der Waals surface area contributed by atoms with Crippen molar-refractivity contribution in [2.45, 2.75) is 0 Å². The second kappa shape index (κ2) is 9.45. The molecule has 0 aliphatic carbocycles. The average molecular weight is 476 g/mol. The Morgan fingerprint density at radius 3 is 2.29 bits per heavy atom. The molecule has 180 valence electrons. The summed E-state index contributed by atoms with van der Waals surface area (Å²) in [4.78, 5) is 26.1. The van der Waals surface area contributed by atoms with Crippen molar-refractivity contribution in [2.75, 3.05) is 52.4 Å². The van der Waals surface area contributed by atoms with Crippen LogP contribution in [0.2, 0.25) is 0 Å². The number of hydrogen-bond donors (Lipinski definition) is 0. The van der Waals surface area contributed by atoms with Gasteiger partial charge in [-0.1, -0.05) is 17.3 Å². The van der Waals surface area contributed by atoms with Crippen LogP contribution in [-0.2, 0) is 0 Å². The minimum absolute atomic E-state index is 0.129. The Morgan fingerprint density at radius 1 is 0.886 bits per heavy atom. The van der Waals surface area contributed by atoms with Gasteiger partial charge < -0.3 is 24.0 Å². The fourth-order valence-electron chi connectivity index (χ4n) is 4.23. The smallest absolute Gasteiger partial charge is 0.261 e. The molecule has 0 saturated carbocycles. The molecule has 4 aromatic rings. The Kier molecular flexibility index (Phi) is 6.04. The number of aromatic nitrogens is 5. The fourth-order valence-corrected chi connectivity index (χ4v) is 4.23. The van der Waals surface area contributed by atoms with Gasteiger partial charge in [0.1, 0.15) is 29.1 Å². The summed E-state index contributed by atoms with van der Waals surface area (Å²) in [6, 6.07) is 12.8. The molecule has 5 rings (SSSR count). The molecule has 2 aromatic heterocycles. The zero-order valence-electron chi connectivity index (χ0n) is 19.7. The summed E-state index contributed by atoms with van der Waals surface area (Å²) < 4.78 is 17.8. The van der Waals surface area contributed by atoms with E-state index in [1.807, 2.05) is 24.3 Å². The molecule has 11 heteroatoms. The van der Waals surface area contributed by atoms with Crippen LogP contribution in [0.4, 0.5) is 5.82 Å². The molecule has 1 amide bonds. The highest BCUT2D eigenvalue weighted by Gasteiger charge is 2.29. The summed E-state index contributed by atoms with van der Waals surface area (Å²) >= 11 is 0. The predicted molar refractivity (Wildman–Crippen MR) is 129 cm³/mol. The number of benzene rings is 2. The Labute approximate surface area is 201 Å². The maximum absolute atomic E-state index is 13.3. The molecule has 1 fully saturated rings. The van der Waals surface area contributed by atoms with Gasteiger partial charge in [0.2, 0.25) is 0 Å². The van der Waals surface area contributed by atoms with Gasteiger partial charge in [0, 0.05) is 32.2 Å². The first-order valence-corrected chi connectivity index (χ1v) is 11.1. The van der Waals surface area contributed by atoms with Gasteiger partial charge in [-0.25, -0.2) is 9.97 Å². The number of ether oxygens (including phenoxy) is 3. The van der Waals surface area contributed by atoms with Crippen molar-refractivity contribution in [3.63, 3.8) is 0 Å². The lowest BCUT2D eigenvalue weighted by Gasteiger charge is -2.35. The number of methoxy groups -OCH3 is 3.